The number of anilines is 1. The molecule has 1 heterocycles. The number of alkyl halides is 3. The molecule has 0 fully saturated rings. The van der Waals surface area contributed by atoms with Gasteiger partial charge in [0.15, 0.2) is 0 Å². The van der Waals surface area contributed by atoms with Gasteiger partial charge in [-0.25, -0.2) is 13.8 Å². The Bertz CT molecular complexity index is 282. The second-order valence-corrected chi connectivity index (χ2v) is 4.17. The molecule has 1 aromatic heterocycles. The van der Waals surface area contributed by atoms with E-state index in [4.69, 9.17) is 0 Å². The van der Waals surface area contributed by atoms with Crippen molar-refractivity contribution in [2.75, 3.05) is 23.3 Å². The zero-order valence-electron chi connectivity index (χ0n) is 7.58. The lowest BCUT2D eigenvalue weighted by molar-refractivity contribution is 0.155. The third-order valence-corrected chi connectivity index (χ3v) is 2.72. The maximum atomic E-state index is 12.2. The highest BCUT2D eigenvalue weighted by atomic mass is 79.9. The van der Waals surface area contributed by atoms with E-state index in [2.05, 4.69) is 25.3 Å². The van der Waals surface area contributed by atoms with E-state index in [0.29, 0.717) is 22.8 Å². The van der Waals surface area contributed by atoms with E-state index in [1.165, 1.54) is 4.90 Å². The van der Waals surface area contributed by atoms with Crippen LogP contribution < -0.4 is 4.90 Å². The lowest BCUT2D eigenvalue weighted by Crippen LogP contribution is -2.30. The summed E-state index contributed by atoms with van der Waals surface area (Å²) in [5.41, 5.74) is 0. The summed E-state index contributed by atoms with van der Waals surface area (Å²) in [5.74, 6) is 0.624. The number of nitrogens with zero attached hydrogens (tertiary/aromatic N) is 3. The fourth-order valence-corrected chi connectivity index (χ4v) is 2.09. The Morgan fingerprint density at radius 3 is 2.71 bits per heavy atom. The summed E-state index contributed by atoms with van der Waals surface area (Å²) in [6, 6.07) is 0. The van der Waals surface area contributed by atoms with Crippen molar-refractivity contribution in [2.45, 2.75) is 13.3 Å². The van der Waals surface area contributed by atoms with Crippen molar-refractivity contribution in [2.24, 2.45) is 0 Å². The Balaban J connectivity index is 2.66. The molecular weight excluding hydrogens is 276 g/mol. The van der Waals surface area contributed by atoms with Gasteiger partial charge in [-0.2, -0.15) is 4.37 Å². The topological polar surface area (TPSA) is 29.0 Å². The summed E-state index contributed by atoms with van der Waals surface area (Å²) >= 11 is 4.36. The predicted molar refractivity (Wildman–Crippen MR) is 56.7 cm³/mol. The van der Waals surface area contributed by atoms with Crippen LogP contribution in [-0.4, -0.2) is 34.2 Å². The zero-order chi connectivity index (χ0) is 10.6. The summed E-state index contributed by atoms with van der Waals surface area (Å²) in [7, 11) is 0. The van der Waals surface area contributed by atoms with Gasteiger partial charge in [-0.3, -0.25) is 0 Å². The van der Waals surface area contributed by atoms with Crippen molar-refractivity contribution in [3.05, 3.63) is 5.82 Å². The quantitative estimate of drug-likeness (QED) is 0.778. The average molecular weight is 286 g/mol. The molecule has 80 valence electrons. The number of halogens is 3. The Hall–Kier alpha value is -0.300. The number of rotatable bonds is 5. The van der Waals surface area contributed by atoms with Gasteiger partial charge in [0.1, 0.15) is 5.82 Å². The fraction of sp³-hybridized carbons (Fsp3) is 0.714. The lowest BCUT2D eigenvalue weighted by Gasteiger charge is -2.19. The standard InChI is InChI=1S/C7H10BrF2N3S/c1-5-11-7(14-12-5)13(3-2-8)4-6(9)10/h6H,2-4H2,1H3. The molecule has 0 aromatic carbocycles. The summed E-state index contributed by atoms with van der Waals surface area (Å²) in [5, 5.41) is 1.19. The molecule has 1 aromatic rings. The summed E-state index contributed by atoms with van der Waals surface area (Å²) in [6.45, 7) is 1.97. The van der Waals surface area contributed by atoms with E-state index in [1.807, 2.05) is 0 Å². The smallest absolute Gasteiger partial charge is 0.255 e. The van der Waals surface area contributed by atoms with Crippen LogP contribution in [0, 0.1) is 6.92 Å². The van der Waals surface area contributed by atoms with E-state index < -0.39 is 6.43 Å². The summed E-state index contributed by atoms with van der Waals surface area (Å²) in [6.07, 6.45) is -2.35. The van der Waals surface area contributed by atoms with Crippen molar-refractivity contribution in [1.29, 1.82) is 0 Å². The molecule has 0 aliphatic carbocycles. The molecule has 0 radical (unpaired) electrons. The first-order valence-corrected chi connectivity index (χ1v) is 5.92. The van der Waals surface area contributed by atoms with Crippen LogP contribution in [0.15, 0.2) is 0 Å². The van der Waals surface area contributed by atoms with E-state index in [9.17, 15) is 8.78 Å². The second kappa shape index (κ2) is 5.55. The second-order valence-electron chi connectivity index (χ2n) is 2.65. The molecule has 0 spiro atoms. The molecule has 7 heteroatoms. The number of hydrogen-bond acceptors (Lipinski definition) is 4. The molecule has 0 saturated carbocycles. The molecule has 0 unspecified atom stereocenters. The van der Waals surface area contributed by atoms with Crippen LogP contribution >= 0.6 is 27.5 Å². The number of aryl methyl sites for hydroxylation is 1. The van der Waals surface area contributed by atoms with Crippen LogP contribution in [0.4, 0.5) is 13.9 Å². The molecule has 14 heavy (non-hydrogen) atoms. The molecule has 1 rings (SSSR count). The molecule has 0 bridgehead atoms. The molecule has 0 atom stereocenters. The molecule has 0 N–H and O–H groups in total. The van der Waals surface area contributed by atoms with Crippen LogP contribution in [0.2, 0.25) is 0 Å². The van der Waals surface area contributed by atoms with Crippen molar-refractivity contribution < 1.29 is 8.78 Å². The lowest BCUT2D eigenvalue weighted by atomic mass is 10.5. The van der Waals surface area contributed by atoms with E-state index in [0.717, 1.165) is 11.5 Å². The van der Waals surface area contributed by atoms with Gasteiger partial charge in [0.25, 0.3) is 6.43 Å². The zero-order valence-corrected chi connectivity index (χ0v) is 9.98. The largest absolute Gasteiger partial charge is 0.340 e. The minimum absolute atomic E-state index is 0.291. The van der Waals surface area contributed by atoms with Gasteiger partial charge in [-0.05, 0) is 6.92 Å². The molecular formula is C7H10BrF2N3S. The van der Waals surface area contributed by atoms with E-state index in [1.54, 1.807) is 6.92 Å². The maximum Gasteiger partial charge on any atom is 0.255 e. The molecule has 3 nitrogen and oxygen atoms in total. The van der Waals surface area contributed by atoms with Gasteiger partial charge in [0.05, 0.1) is 6.54 Å². The molecule has 0 aliphatic heterocycles. The maximum absolute atomic E-state index is 12.2. The third-order valence-electron chi connectivity index (χ3n) is 1.50. The van der Waals surface area contributed by atoms with Crippen molar-refractivity contribution in [3.63, 3.8) is 0 Å². The van der Waals surface area contributed by atoms with Gasteiger partial charge in [-0.15, -0.1) is 0 Å². The summed E-state index contributed by atoms with van der Waals surface area (Å²) < 4.78 is 28.4. The number of aromatic nitrogens is 2. The van der Waals surface area contributed by atoms with E-state index >= 15 is 0 Å². The normalized spacial score (nSPS) is 10.9. The van der Waals surface area contributed by atoms with Crippen LogP contribution in [0.25, 0.3) is 0 Å². The van der Waals surface area contributed by atoms with Gasteiger partial charge < -0.3 is 4.90 Å². The van der Waals surface area contributed by atoms with Crippen LogP contribution in [0.1, 0.15) is 5.82 Å². The van der Waals surface area contributed by atoms with Crippen molar-refractivity contribution >= 4 is 32.6 Å². The third kappa shape index (κ3) is 3.45. The van der Waals surface area contributed by atoms with Crippen molar-refractivity contribution in [3.8, 4) is 0 Å². The van der Waals surface area contributed by atoms with E-state index in [-0.39, 0.29) is 6.54 Å². The molecule has 0 amide bonds. The van der Waals surface area contributed by atoms with Crippen molar-refractivity contribution in [1.82, 2.24) is 9.36 Å². The predicted octanol–water partition coefficient (Wildman–Crippen LogP) is 2.31. The summed E-state index contributed by atoms with van der Waals surface area (Å²) in [4.78, 5) is 5.59. The minimum Gasteiger partial charge on any atom is -0.340 e. The van der Waals surface area contributed by atoms with Crippen LogP contribution in [0.5, 0.6) is 0 Å². The van der Waals surface area contributed by atoms with Gasteiger partial charge in [0.2, 0.25) is 5.13 Å². The SMILES string of the molecule is Cc1nsc(N(CCBr)CC(F)F)n1. The Morgan fingerprint density at radius 2 is 2.29 bits per heavy atom. The Morgan fingerprint density at radius 1 is 1.57 bits per heavy atom. The highest BCUT2D eigenvalue weighted by molar-refractivity contribution is 9.09. The van der Waals surface area contributed by atoms with Crippen LogP contribution in [0.3, 0.4) is 0 Å². The Kier molecular flexibility index (Phi) is 4.67. The first-order chi connectivity index (χ1) is 6.63. The highest BCUT2D eigenvalue weighted by Gasteiger charge is 2.15. The first-order valence-electron chi connectivity index (χ1n) is 4.03. The molecule has 0 aliphatic rings. The fourth-order valence-electron chi connectivity index (χ4n) is 0.948. The number of hydrogen-bond donors (Lipinski definition) is 0. The Labute approximate surface area is 93.4 Å². The van der Waals surface area contributed by atoms with Gasteiger partial charge >= 0.3 is 0 Å². The first kappa shape index (κ1) is 11.8. The molecule has 0 saturated heterocycles. The van der Waals surface area contributed by atoms with Crippen LogP contribution in [-0.2, 0) is 0 Å². The minimum atomic E-state index is -2.35. The monoisotopic (exact) mass is 285 g/mol. The van der Waals surface area contributed by atoms with Gasteiger partial charge in [0, 0.05) is 23.4 Å². The average Bonchev–Trinajstić information content (AvgIpc) is 2.50. The van der Waals surface area contributed by atoms with Gasteiger partial charge in [-0.1, -0.05) is 15.9 Å². The highest BCUT2D eigenvalue weighted by Crippen LogP contribution is 2.18.